The lowest BCUT2D eigenvalue weighted by atomic mass is 9.61. The van der Waals surface area contributed by atoms with Gasteiger partial charge in [-0.05, 0) is 243 Å². The van der Waals surface area contributed by atoms with Gasteiger partial charge in [0.05, 0.1) is 11.8 Å². The zero-order chi connectivity index (χ0) is 53.4. The fraction of sp³-hybridized carbons (Fsp3) is 0.410. The molecule has 2 heteroatoms. The normalized spacial score (nSPS) is 32.4. The second-order valence-electron chi connectivity index (χ2n) is 26.6. The van der Waals surface area contributed by atoms with Gasteiger partial charge in [0.25, 0.3) is 6.21 Å². The Kier molecular flexibility index (Phi) is 12.0. The SMILES string of the molecule is CCC(C1=CCC2c3ccc(C=CC4C=CC5C6C=CC(C=Cc7ccc8c9c7CCC=C9C7CC=CC9=C(C%10C=[N+]=C%11C=CC=CC%11%10)CCC8=C97)=CC6C(CC)(CC)C5C4)c4c3C(=CCC4)c3cccc1c32)C1CCCCC1N. The molecule has 16 rings (SSSR count). The number of hydrogen-bond acceptors (Lipinski definition) is 1. The first kappa shape index (κ1) is 49.5. The van der Waals surface area contributed by atoms with Crippen LogP contribution in [0.25, 0.3) is 34.4 Å². The van der Waals surface area contributed by atoms with Crippen molar-refractivity contribution in [2.45, 2.75) is 135 Å². The maximum absolute atomic E-state index is 6.90. The minimum absolute atomic E-state index is 0.285. The molecule has 1 heterocycles. The zero-order valence-corrected chi connectivity index (χ0v) is 47.8. The summed E-state index contributed by atoms with van der Waals surface area (Å²) < 4.78 is 4.92. The molecule has 0 bridgehead atoms. The average molecular weight is 1050 g/mol. The van der Waals surface area contributed by atoms with Gasteiger partial charge in [0.15, 0.2) is 0 Å². The monoisotopic (exact) mass is 1050 g/mol. The van der Waals surface area contributed by atoms with Gasteiger partial charge in [-0.15, -0.1) is 4.67 Å². The number of fused-ring (bicyclic) bond motifs is 8. The van der Waals surface area contributed by atoms with E-state index in [0.717, 1.165) is 51.4 Å². The molecule has 12 unspecified atom stereocenters. The molecule has 402 valence electrons. The van der Waals surface area contributed by atoms with E-state index in [1.54, 1.807) is 61.2 Å². The van der Waals surface area contributed by atoms with Crippen LogP contribution in [0.15, 0.2) is 162 Å². The third-order valence-corrected chi connectivity index (χ3v) is 23.6. The highest BCUT2D eigenvalue weighted by Gasteiger charge is 2.57. The maximum Gasteiger partial charge on any atom is 0.311 e. The number of allylic oxidation sites excluding steroid dienone is 23. The summed E-state index contributed by atoms with van der Waals surface area (Å²) in [7, 11) is 0. The molecule has 0 saturated heterocycles. The van der Waals surface area contributed by atoms with E-state index in [1.165, 1.54) is 102 Å². The van der Waals surface area contributed by atoms with E-state index in [2.05, 4.69) is 179 Å². The lowest BCUT2D eigenvalue weighted by Crippen LogP contribution is -2.38. The maximum atomic E-state index is 6.90. The highest BCUT2D eigenvalue weighted by Crippen LogP contribution is 2.64. The lowest BCUT2D eigenvalue weighted by molar-refractivity contribution is 0.113. The fourth-order valence-corrected chi connectivity index (χ4v) is 20.0. The van der Waals surface area contributed by atoms with Crippen LogP contribution in [0.2, 0.25) is 0 Å². The van der Waals surface area contributed by atoms with E-state index in [-0.39, 0.29) is 5.41 Å². The number of nitrogens with zero attached hydrogens (tertiary/aromatic N) is 1. The summed E-state index contributed by atoms with van der Waals surface area (Å²) >= 11 is 0. The first-order chi connectivity index (χ1) is 39.4. The Morgan fingerprint density at radius 3 is 2.46 bits per heavy atom. The van der Waals surface area contributed by atoms with Gasteiger partial charge in [0, 0.05) is 24.0 Å². The van der Waals surface area contributed by atoms with E-state index < -0.39 is 0 Å². The first-order valence-electron chi connectivity index (χ1n) is 32.1. The van der Waals surface area contributed by atoms with Crippen LogP contribution in [0.3, 0.4) is 0 Å². The second-order valence-corrected chi connectivity index (χ2v) is 26.6. The van der Waals surface area contributed by atoms with E-state index in [4.69, 9.17) is 10.4 Å². The molecule has 12 aliphatic carbocycles. The Bertz CT molecular complexity index is 3670. The molecular formula is C78H81N2+. The van der Waals surface area contributed by atoms with Gasteiger partial charge in [-0.3, -0.25) is 0 Å². The Labute approximate surface area is 477 Å². The molecule has 1 aliphatic heterocycles. The summed E-state index contributed by atoms with van der Waals surface area (Å²) in [6.07, 6.45) is 66.2. The van der Waals surface area contributed by atoms with Gasteiger partial charge in [0.2, 0.25) is 0 Å². The van der Waals surface area contributed by atoms with Crippen LogP contribution in [0.5, 0.6) is 0 Å². The van der Waals surface area contributed by atoms with E-state index in [1.807, 2.05) is 0 Å². The molecular weight excluding hydrogens is 965 g/mol. The number of hydrogen-bond donors (Lipinski definition) is 1. The van der Waals surface area contributed by atoms with Crippen molar-refractivity contribution < 1.29 is 0 Å². The van der Waals surface area contributed by atoms with Crippen molar-refractivity contribution in [3.8, 4) is 0 Å². The Balaban J connectivity index is 0.652. The third-order valence-electron chi connectivity index (χ3n) is 23.6. The van der Waals surface area contributed by atoms with Crippen molar-refractivity contribution in [2.24, 2.45) is 70.3 Å². The summed E-state index contributed by atoms with van der Waals surface area (Å²) in [5.41, 5.74) is 37.8. The van der Waals surface area contributed by atoms with Gasteiger partial charge in [-0.1, -0.05) is 179 Å². The molecule has 2 N–H and O–H groups in total. The Morgan fingerprint density at radius 2 is 1.57 bits per heavy atom. The summed E-state index contributed by atoms with van der Waals surface area (Å²) in [5, 5.41) is 0. The van der Waals surface area contributed by atoms with Crippen LogP contribution in [-0.4, -0.2) is 18.0 Å². The summed E-state index contributed by atoms with van der Waals surface area (Å²) in [6, 6.07) is 17.6. The van der Waals surface area contributed by atoms with E-state index >= 15 is 0 Å². The molecule has 0 aromatic heterocycles. The van der Waals surface area contributed by atoms with Gasteiger partial charge >= 0.3 is 5.71 Å². The number of benzene rings is 3. The van der Waals surface area contributed by atoms with Crippen LogP contribution in [-0.2, 0) is 12.8 Å². The summed E-state index contributed by atoms with van der Waals surface area (Å²) in [6.45, 7) is 7.43. The molecule has 13 aliphatic rings. The first-order valence-corrected chi connectivity index (χ1v) is 32.1. The van der Waals surface area contributed by atoms with Gasteiger partial charge < -0.3 is 5.73 Å². The summed E-state index contributed by atoms with van der Waals surface area (Å²) in [5.74, 6) is 5.61. The quantitative estimate of drug-likeness (QED) is 0.160. The molecule has 2 nitrogen and oxygen atoms in total. The predicted octanol–water partition coefficient (Wildman–Crippen LogP) is 17.6. The van der Waals surface area contributed by atoms with Crippen LogP contribution < -0.4 is 10.4 Å². The van der Waals surface area contributed by atoms with Crippen molar-refractivity contribution in [3.63, 3.8) is 0 Å². The van der Waals surface area contributed by atoms with Crippen molar-refractivity contribution in [1.29, 1.82) is 0 Å². The molecule has 0 radical (unpaired) electrons. The molecule has 80 heavy (non-hydrogen) atoms. The molecule has 3 aromatic rings. The van der Waals surface area contributed by atoms with Crippen LogP contribution in [0.1, 0.15) is 178 Å². The van der Waals surface area contributed by atoms with Crippen molar-refractivity contribution in [1.82, 2.24) is 4.67 Å². The highest BCUT2D eigenvalue weighted by molar-refractivity contribution is 6.06. The molecule has 0 amide bonds. The number of nitrogens with two attached hydrogens (primary N) is 1. The Hall–Kier alpha value is -6.31. The van der Waals surface area contributed by atoms with Crippen LogP contribution in [0, 0.1) is 64.6 Å². The molecule has 12 atom stereocenters. The predicted molar refractivity (Wildman–Crippen MR) is 338 cm³/mol. The van der Waals surface area contributed by atoms with Crippen molar-refractivity contribution in [2.75, 3.05) is 0 Å². The van der Waals surface area contributed by atoms with Crippen molar-refractivity contribution >= 4 is 46.4 Å². The van der Waals surface area contributed by atoms with E-state index in [0.29, 0.717) is 71.1 Å². The molecule has 3 aromatic carbocycles. The second kappa shape index (κ2) is 19.4. The molecule has 0 spiro atoms. The van der Waals surface area contributed by atoms with Gasteiger partial charge in [-0.25, -0.2) is 0 Å². The average Bonchev–Trinajstić information content (AvgIpc) is 4.19. The fourth-order valence-electron chi connectivity index (χ4n) is 20.0. The van der Waals surface area contributed by atoms with Crippen molar-refractivity contribution in [3.05, 3.63) is 223 Å². The van der Waals surface area contributed by atoms with Gasteiger partial charge in [0.1, 0.15) is 0 Å². The molecule has 2 fully saturated rings. The third kappa shape index (κ3) is 7.36. The van der Waals surface area contributed by atoms with Crippen LogP contribution in [0.4, 0.5) is 0 Å². The van der Waals surface area contributed by atoms with Gasteiger partial charge in [-0.2, -0.15) is 0 Å². The smallest absolute Gasteiger partial charge is 0.311 e. The number of rotatable bonds is 10. The minimum atomic E-state index is 0.285. The minimum Gasteiger partial charge on any atom is -0.327 e. The molecule has 2 saturated carbocycles. The summed E-state index contributed by atoms with van der Waals surface area (Å²) in [4.78, 5) is 0. The van der Waals surface area contributed by atoms with E-state index in [9.17, 15) is 0 Å². The topological polar surface area (TPSA) is 40.1 Å². The van der Waals surface area contributed by atoms with Crippen LogP contribution >= 0.6 is 0 Å². The standard InChI is InChI=1S/C78H81N2/c1-4-50(57-15-7-9-25-72(57)79)53-39-41-67-65-37-33-48(51-17-11-21-61(74(51)65)63-23-13-19-59(53)76(63)67)31-27-46-29-35-55-56-36-30-47(44-71(56)78(5-2,6-3)70(55)43-46)28-32-49-34-38-66-68-42-40-54(69-45-80-73-26-10-8-16-58(69)73)60-20-14-24-64(77(60)68)62-22-12-18-52(49)75(62)66/h8,10,13-14,16,19-23,26-39,44-46,50,55-58,64,67,69-72H,4-7,9,11-12,15,17-18,24-25,40-43,79H2,1-3H3/q+1. The highest BCUT2D eigenvalue weighted by atomic mass is 14.7. The largest absolute Gasteiger partial charge is 0.327 e. The zero-order valence-electron chi connectivity index (χ0n) is 47.8. The lowest BCUT2D eigenvalue weighted by Gasteiger charge is -2.42. The Morgan fingerprint density at radius 1 is 0.725 bits per heavy atom.